The zero-order chi connectivity index (χ0) is 14.1. The van der Waals surface area contributed by atoms with Crippen LogP contribution in [0.3, 0.4) is 0 Å². The van der Waals surface area contributed by atoms with E-state index < -0.39 is 0 Å². The van der Waals surface area contributed by atoms with E-state index in [1.165, 1.54) is 0 Å². The lowest BCUT2D eigenvalue weighted by Crippen LogP contribution is -2.25. The molecule has 0 aromatic carbocycles. The van der Waals surface area contributed by atoms with Gasteiger partial charge in [0.15, 0.2) is 0 Å². The van der Waals surface area contributed by atoms with Crippen molar-refractivity contribution in [1.82, 2.24) is 15.2 Å². The predicted molar refractivity (Wildman–Crippen MR) is 81.9 cm³/mol. The van der Waals surface area contributed by atoms with Crippen LogP contribution < -0.4 is 5.32 Å². The van der Waals surface area contributed by atoms with Crippen molar-refractivity contribution in [2.24, 2.45) is 0 Å². The molecule has 1 heterocycles. The summed E-state index contributed by atoms with van der Waals surface area (Å²) in [6, 6.07) is 6.67. The topological polar surface area (TPSA) is 28.2 Å². The Labute approximate surface area is 117 Å². The molecule has 1 aromatic heterocycles. The second kappa shape index (κ2) is 8.62. The van der Waals surface area contributed by atoms with Gasteiger partial charge in [-0.05, 0) is 12.1 Å². The molecule has 0 saturated carbocycles. The van der Waals surface area contributed by atoms with E-state index in [-0.39, 0.29) is 0 Å². The van der Waals surface area contributed by atoms with Gasteiger partial charge in [0, 0.05) is 32.2 Å². The molecule has 0 atom stereocenters. The Kier molecular flexibility index (Phi) is 7.08. The molecule has 0 radical (unpaired) electrons. The van der Waals surface area contributed by atoms with E-state index in [0.29, 0.717) is 6.04 Å². The van der Waals surface area contributed by atoms with Crippen molar-refractivity contribution in [2.45, 2.75) is 33.0 Å². The summed E-state index contributed by atoms with van der Waals surface area (Å²) < 4.78 is 0. The minimum atomic E-state index is 0.475. The first-order valence-electron chi connectivity index (χ1n) is 6.78. The molecule has 104 valence electrons. The molecular weight excluding hydrogens is 234 g/mol. The maximum absolute atomic E-state index is 4.68. The number of nitrogens with one attached hydrogen (secondary N) is 1. The highest BCUT2D eigenvalue weighted by Crippen LogP contribution is 2.04. The lowest BCUT2D eigenvalue weighted by molar-refractivity contribution is 0.323. The highest BCUT2D eigenvalue weighted by atomic mass is 15.1. The van der Waals surface area contributed by atoms with Crippen LogP contribution in [-0.2, 0) is 13.1 Å². The van der Waals surface area contributed by atoms with Crippen LogP contribution in [-0.4, -0.2) is 29.0 Å². The van der Waals surface area contributed by atoms with Gasteiger partial charge in [-0.25, -0.2) is 0 Å². The monoisotopic (exact) mass is 259 g/mol. The van der Waals surface area contributed by atoms with Gasteiger partial charge in [0.2, 0.25) is 0 Å². The number of pyridine rings is 1. The lowest BCUT2D eigenvalue weighted by atomic mass is 10.2. The quantitative estimate of drug-likeness (QED) is 0.691. The van der Waals surface area contributed by atoms with Crippen molar-refractivity contribution in [3.63, 3.8) is 0 Å². The summed E-state index contributed by atoms with van der Waals surface area (Å²) in [7, 11) is 0. The summed E-state index contributed by atoms with van der Waals surface area (Å²) in [5, 5.41) is 3.38. The summed E-state index contributed by atoms with van der Waals surface area (Å²) >= 11 is 0. The Morgan fingerprint density at radius 1 is 1.21 bits per heavy atom. The van der Waals surface area contributed by atoms with E-state index in [2.05, 4.69) is 60.4 Å². The van der Waals surface area contributed by atoms with Crippen molar-refractivity contribution < 1.29 is 0 Å². The largest absolute Gasteiger partial charge is 0.309 e. The number of rotatable bonds is 9. The van der Waals surface area contributed by atoms with Crippen molar-refractivity contribution >= 4 is 0 Å². The molecular formula is C16H25N3. The van der Waals surface area contributed by atoms with Crippen LogP contribution in [0.1, 0.15) is 25.2 Å². The average Bonchev–Trinajstić information content (AvgIpc) is 2.37. The molecule has 19 heavy (non-hydrogen) atoms. The number of nitrogens with zero attached hydrogens (tertiary/aromatic N) is 2. The Balaban J connectivity index is 2.63. The first kappa shape index (κ1) is 15.6. The van der Waals surface area contributed by atoms with Gasteiger partial charge in [0.05, 0.1) is 11.4 Å². The molecule has 1 rings (SSSR count). The van der Waals surface area contributed by atoms with Crippen LogP contribution >= 0.6 is 0 Å². The van der Waals surface area contributed by atoms with Crippen LogP contribution in [0.5, 0.6) is 0 Å². The smallest absolute Gasteiger partial charge is 0.0548 e. The standard InChI is InChI=1S/C16H25N3/c1-5-10-19(11-6-2)13-16-9-7-8-15(18-16)12-17-14(3)4/h5-9,14,17H,1-2,10-13H2,3-4H3. The molecule has 0 unspecified atom stereocenters. The highest BCUT2D eigenvalue weighted by Gasteiger charge is 2.04. The maximum Gasteiger partial charge on any atom is 0.0548 e. The van der Waals surface area contributed by atoms with Gasteiger partial charge in [-0.1, -0.05) is 32.1 Å². The fourth-order valence-electron chi connectivity index (χ4n) is 1.82. The minimum absolute atomic E-state index is 0.475. The molecule has 1 N–H and O–H groups in total. The van der Waals surface area contributed by atoms with E-state index in [0.717, 1.165) is 37.6 Å². The van der Waals surface area contributed by atoms with Gasteiger partial charge in [-0.2, -0.15) is 0 Å². The molecule has 1 aromatic rings. The van der Waals surface area contributed by atoms with E-state index in [9.17, 15) is 0 Å². The SMILES string of the molecule is C=CCN(CC=C)Cc1cccc(CNC(C)C)n1. The fourth-order valence-corrected chi connectivity index (χ4v) is 1.82. The number of hydrogen-bond acceptors (Lipinski definition) is 3. The zero-order valence-electron chi connectivity index (χ0n) is 12.1. The van der Waals surface area contributed by atoms with Gasteiger partial charge in [-0.15, -0.1) is 13.2 Å². The van der Waals surface area contributed by atoms with E-state index in [4.69, 9.17) is 0 Å². The molecule has 0 aliphatic carbocycles. The first-order valence-corrected chi connectivity index (χ1v) is 6.78. The average molecular weight is 259 g/mol. The molecule has 3 heteroatoms. The Morgan fingerprint density at radius 2 is 1.84 bits per heavy atom. The minimum Gasteiger partial charge on any atom is -0.309 e. The van der Waals surface area contributed by atoms with Crippen LogP contribution in [0.25, 0.3) is 0 Å². The third-order valence-electron chi connectivity index (χ3n) is 2.72. The van der Waals surface area contributed by atoms with Crippen LogP contribution in [0.4, 0.5) is 0 Å². The fraction of sp³-hybridized carbons (Fsp3) is 0.438. The van der Waals surface area contributed by atoms with Gasteiger partial charge in [-0.3, -0.25) is 9.88 Å². The molecule has 0 fully saturated rings. The highest BCUT2D eigenvalue weighted by molar-refractivity contribution is 5.11. The molecule has 0 bridgehead atoms. The normalized spacial score (nSPS) is 10.9. The van der Waals surface area contributed by atoms with Crippen molar-refractivity contribution in [3.05, 3.63) is 54.9 Å². The van der Waals surface area contributed by atoms with Crippen molar-refractivity contribution in [1.29, 1.82) is 0 Å². The molecule has 0 spiro atoms. The summed E-state index contributed by atoms with van der Waals surface area (Å²) in [5.41, 5.74) is 2.18. The molecule has 0 aliphatic rings. The molecule has 0 aliphatic heterocycles. The summed E-state index contributed by atoms with van der Waals surface area (Å²) in [5.74, 6) is 0. The second-order valence-corrected chi connectivity index (χ2v) is 4.93. The van der Waals surface area contributed by atoms with Crippen LogP contribution in [0, 0.1) is 0 Å². The van der Waals surface area contributed by atoms with E-state index in [1.807, 2.05) is 12.2 Å². The van der Waals surface area contributed by atoms with Gasteiger partial charge in [0.25, 0.3) is 0 Å². The Morgan fingerprint density at radius 3 is 2.42 bits per heavy atom. The first-order chi connectivity index (χ1) is 9.15. The second-order valence-electron chi connectivity index (χ2n) is 4.93. The summed E-state index contributed by atoms with van der Waals surface area (Å²) in [4.78, 5) is 6.93. The van der Waals surface area contributed by atoms with Crippen LogP contribution in [0.15, 0.2) is 43.5 Å². The molecule has 0 amide bonds. The lowest BCUT2D eigenvalue weighted by Gasteiger charge is -2.18. The van der Waals surface area contributed by atoms with Crippen molar-refractivity contribution in [2.75, 3.05) is 13.1 Å². The summed E-state index contributed by atoms with van der Waals surface area (Å²) in [6.07, 6.45) is 3.82. The van der Waals surface area contributed by atoms with Gasteiger partial charge < -0.3 is 5.32 Å². The number of aromatic nitrogens is 1. The van der Waals surface area contributed by atoms with Gasteiger partial charge in [0.1, 0.15) is 0 Å². The Hall–Kier alpha value is -1.45. The molecule has 3 nitrogen and oxygen atoms in total. The van der Waals surface area contributed by atoms with E-state index in [1.54, 1.807) is 0 Å². The third kappa shape index (κ3) is 6.32. The Bertz CT molecular complexity index is 389. The molecule has 0 saturated heterocycles. The number of hydrogen-bond donors (Lipinski definition) is 1. The zero-order valence-corrected chi connectivity index (χ0v) is 12.1. The predicted octanol–water partition coefficient (Wildman–Crippen LogP) is 2.75. The van der Waals surface area contributed by atoms with Crippen molar-refractivity contribution in [3.8, 4) is 0 Å². The maximum atomic E-state index is 4.68. The summed E-state index contributed by atoms with van der Waals surface area (Å²) in [6.45, 7) is 15.2. The van der Waals surface area contributed by atoms with Crippen LogP contribution in [0.2, 0.25) is 0 Å². The van der Waals surface area contributed by atoms with Gasteiger partial charge >= 0.3 is 0 Å². The third-order valence-corrected chi connectivity index (χ3v) is 2.72. The van der Waals surface area contributed by atoms with E-state index >= 15 is 0 Å².